The SMILES string of the molecule is CC(C)(CCCCSc1ccc(CNCCCO[PH](=O)O)cc1Br)c1ccccc1F. The molecule has 0 spiro atoms. The van der Waals surface area contributed by atoms with Gasteiger partial charge in [0, 0.05) is 15.9 Å². The fraction of sp³-hybridized carbons (Fsp3) is 0.478. The average molecular weight is 532 g/mol. The van der Waals surface area contributed by atoms with Gasteiger partial charge in [-0.2, -0.15) is 0 Å². The predicted molar refractivity (Wildman–Crippen MR) is 132 cm³/mol. The lowest BCUT2D eigenvalue weighted by Gasteiger charge is -2.25. The number of benzene rings is 2. The van der Waals surface area contributed by atoms with E-state index in [0.29, 0.717) is 6.42 Å². The Labute approximate surface area is 198 Å². The molecule has 8 heteroatoms. The summed E-state index contributed by atoms with van der Waals surface area (Å²) in [4.78, 5) is 9.83. The lowest BCUT2D eigenvalue weighted by molar-refractivity contribution is 0.276. The minimum absolute atomic E-state index is 0.115. The normalized spacial score (nSPS) is 12.8. The van der Waals surface area contributed by atoms with Crippen molar-refractivity contribution >= 4 is 35.9 Å². The first-order valence-corrected chi connectivity index (χ1v) is 13.6. The van der Waals surface area contributed by atoms with Gasteiger partial charge in [-0.25, -0.2) is 4.39 Å². The van der Waals surface area contributed by atoms with E-state index in [1.165, 1.54) is 10.5 Å². The van der Waals surface area contributed by atoms with Crippen molar-refractivity contribution in [2.24, 2.45) is 0 Å². The van der Waals surface area contributed by atoms with Crippen LogP contribution in [0.15, 0.2) is 51.8 Å². The molecule has 4 nitrogen and oxygen atoms in total. The van der Waals surface area contributed by atoms with Gasteiger partial charge in [0.05, 0.1) is 6.61 Å². The smallest absolute Gasteiger partial charge is 0.316 e. The summed E-state index contributed by atoms with van der Waals surface area (Å²) in [5.41, 5.74) is 1.82. The molecule has 31 heavy (non-hydrogen) atoms. The van der Waals surface area contributed by atoms with E-state index in [1.807, 2.05) is 23.9 Å². The maximum atomic E-state index is 14.1. The van der Waals surface area contributed by atoms with Gasteiger partial charge in [-0.15, -0.1) is 11.8 Å². The standard InChI is InChI=1S/C23H32BrFNO3PS/c1-23(2,19-8-3-4-9-21(19)25)12-5-6-15-31-22-11-10-18(16-20(22)24)17-26-13-7-14-29-30(27)28/h3-4,8-11,16,26,30H,5-7,12-15,17H2,1-2H3,(H,27,28). The van der Waals surface area contributed by atoms with Gasteiger partial charge in [-0.05, 0) is 82.2 Å². The monoisotopic (exact) mass is 531 g/mol. The molecule has 0 saturated carbocycles. The van der Waals surface area contributed by atoms with Crippen LogP contribution in [0.25, 0.3) is 0 Å². The van der Waals surface area contributed by atoms with Crippen molar-refractivity contribution in [2.45, 2.75) is 56.4 Å². The molecule has 0 bridgehead atoms. The maximum absolute atomic E-state index is 14.1. The second-order valence-corrected chi connectivity index (χ2v) is 10.9. The molecule has 0 radical (unpaired) electrons. The zero-order valence-corrected chi connectivity index (χ0v) is 21.5. The molecule has 0 aliphatic heterocycles. The zero-order valence-electron chi connectivity index (χ0n) is 18.1. The van der Waals surface area contributed by atoms with Crippen LogP contribution in [0.1, 0.15) is 50.7 Å². The largest absolute Gasteiger partial charge is 0.326 e. The van der Waals surface area contributed by atoms with Gasteiger partial charge in [-0.1, -0.05) is 44.5 Å². The molecule has 2 rings (SSSR count). The first-order chi connectivity index (χ1) is 14.8. The number of unbranched alkanes of at least 4 members (excludes halogenated alkanes) is 1. The molecular weight excluding hydrogens is 500 g/mol. The van der Waals surface area contributed by atoms with Crippen LogP contribution in [0.2, 0.25) is 0 Å². The van der Waals surface area contributed by atoms with Gasteiger partial charge in [0.25, 0.3) is 0 Å². The molecule has 0 saturated heterocycles. The molecule has 0 amide bonds. The topological polar surface area (TPSA) is 58.6 Å². The fourth-order valence-corrected chi connectivity index (χ4v) is 5.37. The summed E-state index contributed by atoms with van der Waals surface area (Å²) in [6.45, 7) is 5.99. The Morgan fingerprint density at radius 1 is 1.19 bits per heavy atom. The van der Waals surface area contributed by atoms with E-state index in [-0.39, 0.29) is 17.8 Å². The molecule has 0 aliphatic rings. The Bertz CT molecular complexity index is 853. The van der Waals surface area contributed by atoms with E-state index in [0.717, 1.165) is 48.1 Å². The average Bonchev–Trinajstić information content (AvgIpc) is 2.71. The Balaban J connectivity index is 1.68. The van der Waals surface area contributed by atoms with E-state index < -0.39 is 8.25 Å². The van der Waals surface area contributed by atoms with Crippen LogP contribution in [0.3, 0.4) is 0 Å². The van der Waals surface area contributed by atoms with Gasteiger partial charge < -0.3 is 14.7 Å². The quantitative estimate of drug-likeness (QED) is 0.161. The summed E-state index contributed by atoms with van der Waals surface area (Å²) >= 11 is 5.50. The Kier molecular flexibility index (Phi) is 11.8. The van der Waals surface area contributed by atoms with Crippen LogP contribution in [-0.4, -0.2) is 23.8 Å². The number of thioether (sulfide) groups is 1. The van der Waals surface area contributed by atoms with Crippen LogP contribution in [0.4, 0.5) is 4.39 Å². The van der Waals surface area contributed by atoms with Crippen molar-refractivity contribution < 1.29 is 18.4 Å². The van der Waals surface area contributed by atoms with Gasteiger partial charge in [0.15, 0.2) is 0 Å². The highest BCUT2D eigenvalue weighted by Crippen LogP contribution is 2.33. The molecule has 0 fully saturated rings. The second kappa shape index (κ2) is 13.8. The molecule has 2 aromatic carbocycles. The van der Waals surface area contributed by atoms with Crippen molar-refractivity contribution in [3.8, 4) is 0 Å². The molecule has 2 N–H and O–H groups in total. The summed E-state index contributed by atoms with van der Waals surface area (Å²) < 4.78 is 30.3. The number of nitrogens with one attached hydrogen (secondary N) is 1. The molecule has 0 aromatic heterocycles. The molecule has 0 aliphatic carbocycles. The number of hydrogen-bond acceptors (Lipinski definition) is 4. The van der Waals surface area contributed by atoms with Crippen molar-refractivity contribution in [1.29, 1.82) is 0 Å². The summed E-state index contributed by atoms with van der Waals surface area (Å²) in [7, 11) is -2.82. The van der Waals surface area contributed by atoms with E-state index in [9.17, 15) is 8.96 Å². The van der Waals surface area contributed by atoms with Gasteiger partial charge >= 0.3 is 8.25 Å². The van der Waals surface area contributed by atoms with Gasteiger partial charge in [0.1, 0.15) is 5.82 Å². The molecule has 1 unspecified atom stereocenters. The van der Waals surface area contributed by atoms with Crippen LogP contribution in [0, 0.1) is 5.82 Å². The van der Waals surface area contributed by atoms with Crippen molar-refractivity contribution in [3.63, 3.8) is 0 Å². The Morgan fingerprint density at radius 3 is 2.68 bits per heavy atom. The number of halogens is 2. The van der Waals surface area contributed by atoms with Crippen LogP contribution < -0.4 is 5.32 Å². The van der Waals surface area contributed by atoms with Crippen molar-refractivity contribution in [2.75, 3.05) is 18.9 Å². The van der Waals surface area contributed by atoms with E-state index in [2.05, 4.69) is 57.8 Å². The first-order valence-electron chi connectivity index (χ1n) is 10.5. The molecular formula is C23H32BrFNO3PS. The third-order valence-electron chi connectivity index (χ3n) is 5.11. The molecule has 0 heterocycles. The third-order valence-corrected chi connectivity index (χ3v) is 7.63. The van der Waals surface area contributed by atoms with Crippen LogP contribution in [-0.2, 0) is 21.0 Å². The van der Waals surface area contributed by atoms with Crippen LogP contribution >= 0.6 is 35.9 Å². The third kappa shape index (κ3) is 9.77. The highest BCUT2D eigenvalue weighted by atomic mass is 79.9. The summed E-state index contributed by atoms with van der Waals surface area (Å²) in [6, 6.07) is 13.5. The zero-order chi connectivity index (χ0) is 22.7. The molecule has 172 valence electrons. The minimum Gasteiger partial charge on any atom is -0.326 e. The molecule has 1 atom stereocenters. The Hall–Kier alpha value is -0.690. The van der Waals surface area contributed by atoms with Gasteiger partial charge in [-0.3, -0.25) is 4.57 Å². The van der Waals surface area contributed by atoms with Crippen molar-refractivity contribution in [1.82, 2.24) is 5.32 Å². The lowest BCUT2D eigenvalue weighted by atomic mass is 9.80. The number of rotatable bonds is 14. The predicted octanol–water partition coefficient (Wildman–Crippen LogP) is 6.71. The van der Waals surface area contributed by atoms with Crippen molar-refractivity contribution in [3.05, 3.63) is 63.9 Å². The minimum atomic E-state index is -2.82. The van der Waals surface area contributed by atoms with Crippen LogP contribution in [0.5, 0.6) is 0 Å². The second-order valence-electron chi connectivity index (χ2n) is 8.08. The van der Waals surface area contributed by atoms with E-state index >= 15 is 0 Å². The first kappa shape index (κ1) is 26.6. The highest BCUT2D eigenvalue weighted by Gasteiger charge is 2.23. The van der Waals surface area contributed by atoms with E-state index in [1.54, 1.807) is 12.1 Å². The summed E-state index contributed by atoms with van der Waals surface area (Å²) in [6.07, 6.45) is 3.80. The number of hydrogen-bond donors (Lipinski definition) is 2. The summed E-state index contributed by atoms with van der Waals surface area (Å²) in [5, 5.41) is 3.31. The van der Waals surface area contributed by atoms with Gasteiger partial charge in [0.2, 0.25) is 0 Å². The fourth-order valence-electron chi connectivity index (χ4n) is 3.36. The summed E-state index contributed by atoms with van der Waals surface area (Å²) in [5.74, 6) is 0.911. The molecule has 2 aromatic rings. The Morgan fingerprint density at radius 2 is 1.97 bits per heavy atom. The van der Waals surface area contributed by atoms with E-state index in [4.69, 9.17) is 4.89 Å². The lowest BCUT2D eigenvalue weighted by Crippen LogP contribution is -2.18. The maximum Gasteiger partial charge on any atom is 0.316 e. The highest BCUT2D eigenvalue weighted by molar-refractivity contribution is 9.10.